The van der Waals surface area contributed by atoms with Crippen LogP contribution in [0.2, 0.25) is 0 Å². The average molecular weight is 269 g/mol. The summed E-state index contributed by atoms with van der Waals surface area (Å²) in [7, 11) is 0. The SMILES string of the molecule is CC(C)c1nnsc1C(=O)N1CCCC(CO)C1. The highest BCUT2D eigenvalue weighted by Gasteiger charge is 2.28. The fraction of sp³-hybridized carbons (Fsp3) is 0.750. The van der Waals surface area contributed by atoms with Gasteiger partial charge in [0.05, 0.1) is 5.69 Å². The van der Waals surface area contributed by atoms with Gasteiger partial charge in [0.2, 0.25) is 0 Å². The van der Waals surface area contributed by atoms with E-state index in [1.54, 1.807) is 0 Å². The van der Waals surface area contributed by atoms with Crippen LogP contribution in [0.4, 0.5) is 0 Å². The smallest absolute Gasteiger partial charge is 0.267 e. The first-order valence-corrected chi connectivity index (χ1v) is 7.13. The Bertz CT molecular complexity index is 419. The topological polar surface area (TPSA) is 66.3 Å². The minimum Gasteiger partial charge on any atom is -0.396 e. The van der Waals surface area contributed by atoms with E-state index in [0.717, 1.165) is 25.1 Å². The Balaban J connectivity index is 2.13. The van der Waals surface area contributed by atoms with Gasteiger partial charge in [0.15, 0.2) is 0 Å². The second kappa shape index (κ2) is 5.75. The number of aromatic nitrogens is 2. The van der Waals surface area contributed by atoms with Gasteiger partial charge in [-0.3, -0.25) is 4.79 Å². The molecule has 1 aromatic heterocycles. The number of rotatable bonds is 3. The van der Waals surface area contributed by atoms with E-state index in [-0.39, 0.29) is 24.3 Å². The maximum atomic E-state index is 12.4. The summed E-state index contributed by atoms with van der Waals surface area (Å²) < 4.78 is 3.89. The highest BCUT2D eigenvalue weighted by molar-refractivity contribution is 7.08. The highest BCUT2D eigenvalue weighted by atomic mass is 32.1. The number of carbonyl (C=O) groups is 1. The van der Waals surface area contributed by atoms with Crippen LogP contribution in [0.25, 0.3) is 0 Å². The van der Waals surface area contributed by atoms with E-state index in [1.807, 2.05) is 18.7 Å². The third kappa shape index (κ3) is 2.70. The van der Waals surface area contributed by atoms with Crippen molar-refractivity contribution in [3.63, 3.8) is 0 Å². The molecule has 0 bridgehead atoms. The number of amides is 1. The number of nitrogens with zero attached hydrogens (tertiary/aromatic N) is 3. The number of piperidine rings is 1. The van der Waals surface area contributed by atoms with Gasteiger partial charge in [-0.15, -0.1) is 5.10 Å². The zero-order valence-electron chi connectivity index (χ0n) is 10.8. The molecule has 0 aliphatic carbocycles. The molecule has 1 atom stereocenters. The molecular weight excluding hydrogens is 250 g/mol. The van der Waals surface area contributed by atoms with Crippen molar-refractivity contribution in [2.24, 2.45) is 5.92 Å². The zero-order chi connectivity index (χ0) is 13.1. The quantitative estimate of drug-likeness (QED) is 0.903. The van der Waals surface area contributed by atoms with Crippen molar-refractivity contribution in [1.82, 2.24) is 14.5 Å². The second-order valence-electron chi connectivity index (χ2n) is 5.08. The largest absolute Gasteiger partial charge is 0.396 e. The Morgan fingerprint density at radius 1 is 1.61 bits per heavy atom. The molecule has 2 heterocycles. The lowest BCUT2D eigenvalue weighted by molar-refractivity contribution is 0.0624. The molecule has 0 spiro atoms. The van der Waals surface area contributed by atoms with Crippen molar-refractivity contribution in [3.8, 4) is 0 Å². The molecule has 2 rings (SSSR count). The van der Waals surface area contributed by atoms with E-state index in [2.05, 4.69) is 9.59 Å². The molecule has 1 aliphatic heterocycles. The minimum atomic E-state index is 0.0202. The fourth-order valence-electron chi connectivity index (χ4n) is 2.27. The number of aliphatic hydroxyl groups is 1. The van der Waals surface area contributed by atoms with E-state index in [9.17, 15) is 9.90 Å². The van der Waals surface area contributed by atoms with Gasteiger partial charge in [-0.1, -0.05) is 18.3 Å². The normalized spacial score (nSPS) is 20.4. The molecule has 5 nitrogen and oxygen atoms in total. The summed E-state index contributed by atoms with van der Waals surface area (Å²) in [6, 6.07) is 0. The van der Waals surface area contributed by atoms with Crippen LogP contribution in [0.1, 0.15) is 48.0 Å². The number of hydrogen-bond donors (Lipinski definition) is 1. The van der Waals surface area contributed by atoms with Crippen molar-refractivity contribution in [2.45, 2.75) is 32.6 Å². The molecule has 0 aromatic carbocycles. The summed E-state index contributed by atoms with van der Waals surface area (Å²) in [6.45, 7) is 5.60. The van der Waals surface area contributed by atoms with Crippen LogP contribution in [0.5, 0.6) is 0 Å². The molecule has 0 radical (unpaired) electrons. The summed E-state index contributed by atoms with van der Waals surface area (Å²) in [5, 5.41) is 13.2. The number of carbonyl (C=O) groups excluding carboxylic acids is 1. The Kier molecular flexibility index (Phi) is 4.29. The minimum absolute atomic E-state index is 0.0202. The van der Waals surface area contributed by atoms with Gasteiger partial charge < -0.3 is 10.0 Å². The van der Waals surface area contributed by atoms with E-state index in [1.165, 1.54) is 11.5 Å². The Labute approximate surface area is 111 Å². The lowest BCUT2D eigenvalue weighted by Crippen LogP contribution is -2.41. The maximum absolute atomic E-state index is 12.4. The van der Waals surface area contributed by atoms with Crippen LogP contribution < -0.4 is 0 Å². The van der Waals surface area contributed by atoms with Crippen molar-refractivity contribution < 1.29 is 9.90 Å². The first-order valence-electron chi connectivity index (χ1n) is 6.35. The number of hydrogen-bond acceptors (Lipinski definition) is 5. The number of aliphatic hydroxyl groups excluding tert-OH is 1. The zero-order valence-corrected chi connectivity index (χ0v) is 11.6. The summed E-state index contributed by atoms with van der Waals surface area (Å²) in [5.41, 5.74) is 0.788. The molecule has 100 valence electrons. The molecule has 18 heavy (non-hydrogen) atoms. The highest BCUT2D eigenvalue weighted by Crippen LogP contribution is 2.24. The number of likely N-dealkylation sites (tertiary alicyclic amines) is 1. The molecular formula is C12H19N3O2S. The summed E-state index contributed by atoms with van der Waals surface area (Å²) in [6.07, 6.45) is 1.96. The first-order chi connectivity index (χ1) is 8.63. The molecule has 1 aliphatic rings. The predicted octanol–water partition coefficient (Wildman–Crippen LogP) is 1.51. The van der Waals surface area contributed by atoms with E-state index >= 15 is 0 Å². The van der Waals surface area contributed by atoms with Gasteiger partial charge in [-0.2, -0.15) is 0 Å². The average Bonchev–Trinajstić information content (AvgIpc) is 2.87. The lowest BCUT2D eigenvalue weighted by atomic mass is 9.98. The van der Waals surface area contributed by atoms with Gasteiger partial charge in [0, 0.05) is 19.7 Å². The van der Waals surface area contributed by atoms with Crippen LogP contribution in [-0.4, -0.2) is 45.2 Å². The predicted molar refractivity (Wildman–Crippen MR) is 69.7 cm³/mol. The Morgan fingerprint density at radius 3 is 3.06 bits per heavy atom. The Hall–Kier alpha value is -1.01. The van der Waals surface area contributed by atoms with Crippen molar-refractivity contribution in [1.29, 1.82) is 0 Å². The summed E-state index contributed by atoms with van der Waals surface area (Å²) in [5.74, 6) is 0.444. The van der Waals surface area contributed by atoms with E-state index < -0.39 is 0 Å². The molecule has 1 fully saturated rings. The van der Waals surface area contributed by atoms with E-state index in [0.29, 0.717) is 11.4 Å². The molecule has 6 heteroatoms. The fourth-order valence-corrected chi connectivity index (χ4v) is 3.05. The molecule has 1 saturated heterocycles. The molecule has 0 saturated carbocycles. The lowest BCUT2D eigenvalue weighted by Gasteiger charge is -2.31. The molecule has 1 amide bonds. The van der Waals surface area contributed by atoms with Gasteiger partial charge >= 0.3 is 0 Å². The van der Waals surface area contributed by atoms with Gasteiger partial charge in [0.25, 0.3) is 5.91 Å². The molecule has 1 N–H and O–H groups in total. The van der Waals surface area contributed by atoms with Gasteiger partial charge in [-0.05, 0) is 36.2 Å². The van der Waals surface area contributed by atoms with Crippen LogP contribution in [-0.2, 0) is 0 Å². The summed E-state index contributed by atoms with van der Waals surface area (Å²) in [4.78, 5) is 14.9. The van der Waals surface area contributed by atoms with Crippen LogP contribution in [0.3, 0.4) is 0 Å². The third-order valence-corrected chi connectivity index (χ3v) is 4.05. The van der Waals surface area contributed by atoms with Crippen LogP contribution >= 0.6 is 11.5 Å². The second-order valence-corrected chi connectivity index (χ2v) is 5.84. The van der Waals surface area contributed by atoms with Crippen LogP contribution in [0.15, 0.2) is 0 Å². The standard InChI is InChI=1S/C12H19N3O2S/c1-8(2)10-11(18-14-13-10)12(17)15-5-3-4-9(6-15)7-16/h8-9,16H,3-7H2,1-2H3. The molecule has 1 aromatic rings. The van der Waals surface area contributed by atoms with Gasteiger partial charge in [-0.25, -0.2) is 0 Å². The Morgan fingerprint density at radius 2 is 2.39 bits per heavy atom. The van der Waals surface area contributed by atoms with Crippen molar-refractivity contribution in [3.05, 3.63) is 10.6 Å². The van der Waals surface area contributed by atoms with Gasteiger partial charge in [0.1, 0.15) is 4.88 Å². The van der Waals surface area contributed by atoms with Crippen molar-refractivity contribution >= 4 is 17.4 Å². The summed E-state index contributed by atoms with van der Waals surface area (Å²) >= 11 is 1.17. The first kappa shape index (κ1) is 13.4. The van der Waals surface area contributed by atoms with E-state index in [4.69, 9.17) is 0 Å². The monoisotopic (exact) mass is 269 g/mol. The molecule has 1 unspecified atom stereocenters. The van der Waals surface area contributed by atoms with Crippen LogP contribution in [0, 0.1) is 5.92 Å². The third-order valence-electron chi connectivity index (χ3n) is 3.32. The van der Waals surface area contributed by atoms with Crippen molar-refractivity contribution in [2.75, 3.05) is 19.7 Å². The maximum Gasteiger partial charge on any atom is 0.267 e.